The Labute approximate surface area is 77.5 Å². The van der Waals surface area contributed by atoms with E-state index >= 15 is 0 Å². The molecule has 1 saturated heterocycles. The molecule has 1 atom stereocenters. The topological polar surface area (TPSA) is 6.48 Å². The summed E-state index contributed by atoms with van der Waals surface area (Å²) in [7, 11) is 4.43. The molecular weight excluding hydrogens is 148 g/mol. The lowest BCUT2D eigenvalue weighted by Gasteiger charge is -2.37. The Morgan fingerprint density at radius 2 is 1.75 bits per heavy atom. The molecule has 0 aliphatic carbocycles. The number of likely N-dealkylation sites (N-methyl/N-ethyl adjacent to an activating group) is 2. The maximum Gasteiger partial charge on any atom is 0.0217 e. The molecule has 0 saturated carbocycles. The van der Waals surface area contributed by atoms with Gasteiger partial charge in [0.15, 0.2) is 0 Å². The first-order valence-electron chi connectivity index (χ1n) is 5.12. The van der Waals surface area contributed by atoms with Crippen LogP contribution in [0.5, 0.6) is 0 Å². The lowest BCUT2D eigenvalue weighted by molar-refractivity contribution is 0.112. The van der Waals surface area contributed by atoms with Gasteiger partial charge in [0.2, 0.25) is 0 Å². The fraction of sp³-hybridized carbons (Fsp3) is 1.00. The molecule has 0 unspecified atom stereocenters. The molecule has 12 heavy (non-hydrogen) atoms. The average Bonchev–Trinajstić information content (AvgIpc) is 2.13. The summed E-state index contributed by atoms with van der Waals surface area (Å²) in [4.78, 5) is 4.87. The van der Waals surface area contributed by atoms with E-state index in [4.69, 9.17) is 0 Å². The van der Waals surface area contributed by atoms with Gasteiger partial charge in [-0.2, -0.15) is 0 Å². The molecule has 0 N–H and O–H groups in total. The molecule has 0 spiro atoms. The van der Waals surface area contributed by atoms with E-state index in [9.17, 15) is 0 Å². The van der Waals surface area contributed by atoms with Gasteiger partial charge < -0.3 is 9.80 Å². The number of nitrogens with zero attached hydrogens (tertiary/aromatic N) is 2. The Morgan fingerprint density at radius 1 is 1.17 bits per heavy atom. The quantitative estimate of drug-likeness (QED) is 0.593. The fourth-order valence-electron chi connectivity index (χ4n) is 1.54. The number of hydrogen-bond donors (Lipinski definition) is 0. The first-order chi connectivity index (χ1) is 5.74. The Bertz CT molecular complexity index is 104. The van der Waals surface area contributed by atoms with Crippen LogP contribution >= 0.6 is 0 Å². The molecule has 74 valence electrons. The lowest BCUT2D eigenvalue weighted by atomic mass is 10.1. The zero-order valence-corrected chi connectivity index (χ0v) is 9.30. The first-order valence-corrected chi connectivity index (χ1v) is 5.12. The summed E-state index contributed by atoms with van der Waals surface area (Å²) >= 11 is 0. The third kappa shape index (κ3) is 3.55. The molecule has 2 heteroatoms. The van der Waals surface area contributed by atoms with Crippen LogP contribution in [0.4, 0.5) is 0 Å². The summed E-state index contributed by atoms with van der Waals surface area (Å²) in [6.07, 6.45) is 1.28. The van der Waals surface area contributed by atoms with Crippen LogP contribution in [-0.4, -0.2) is 49.6 Å². The summed E-state index contributed by atoms with van der Waals surface area (Å²) in [6, 6.07) is 0.791. The van der Waals surface area contributed by atoms with Crippen LogP contribution in [0.25, 0.3) is 0 Å². The van der Waals surface area contributed by atoms with Gasteiger partial charge in [0, 0.05) is 25.7 Å². The molecule has 0 aromatic carbocycles. The average molecular weight is 172 g/mol. The lowest BCUT2D eigenvalue weighted by Crippen LogP contribution is -2.49. The predicted octanol–water partition coefficient (Wildman–Crippen LogP) is 1.67. The second-order valence-electron chi connectivity index (χ2n) is 3.30. The zero-order chi connectivity index (χ0) is 9.56. The van der Waals surface area contributed by atoms with Crippen molar-refractivity contribution in [2.75, 3.05) is 33.7 Å². The SMILES string of the molecule is CC.CC[C@@H]1CN(C)CCN1C. The van der Waals surface area contributed by atoms with Crippen LogP contribution in [0.1, 0.15) is 27.2 Å². The number of piperazine rings is 1. The van der Waals surface area contributed by atoms with Gasteiger partial charge in [0.05, 0.1) is 0 Å². The minimum Gasteiger partial charge on any atom is -0.304 e. The van der Waals surface area contributed by atoms with Crippen LogP contribution in [0.15, 0.2) is 0 Å². The minimum atomic E-state index is 0.791. The second-order valence-corrected chi connectivity index (χ2v) is 3.30. The summed E-state index contributed by atoms with van der Waals surface area (Å²) in [5, 5.41) is 0. The van der Waals surface area contributed by atoms with Crippen molar-refractivity contribution < 1.29 is 0 Å². The standard InChI is InChI=1S/C8H18N2.C2H6/c1-4-8-7-9(2)5-6-10(8)3;1-2/h8H,4-7H2,1-3H3;1-2H3/t8-;/m1./s1. The van der Waals surface area contributed by atoms with Gasteiger partial charge in [0.25, 0.3) is 0 Å². The molecule has 0 aromatic heterocycles. The van der Waals surface area contributed by atoms with Crippen LogP contribution < -0.4 is 0 Å². The fourth-order valence-corrected chi connectivity index (χ4v) is 1.54. The maximum absolute atomic E-state index is 2.46. The van der Waals surface area contributed by atoms with E-state index in [1.165, 1.54) is 26.1 Å². The zero-order valence-electron chi connectivity index (χ0n) is 9.30. The van der Waals surface area contributed by atoms with E-state index in [2.05, 4.69) is 30.8 Å². The van der Waals surface area contributed by atoms with Crippen molar-refractivity contribution in [3.05, 3.63) is 0 Å². The van der Waals surface area contributed by atoms with E-state index in [1.54, 1.807) is 0 Å². The van der Waals surface area contributed by atoms with Crippen molar-refractivity contribution in [2.45, 2.75) is 33.2 Å². The minimum absolute atomic E-state index is 0.791. The third-order valence-corrected chi connectivity index (χ3v) is 2.45. The van der Waals surface area contributed by atoms with Gasteiger partial charge in [-0.3, -0.25) is 0 Å². The predicted molar refractivity (Wildman–Crippen MR) is 55.6 cm³/mol. The van der Waals surface area contributed by atoms with E-state index in [-0.39, 0.29) is 0 Å². The summed E-state index contributed by atoms with van der Waals surface area (Å²) in [5.74, 6) is 0. The van der Waals surface area contributed by atoms with Crippen LogP contribution in [-0.2, 0) is 0 Å². The molecule has 1 heterocycles. The first kappa shape index (κ1) is 11.9. The highest BCUT2D eigenvalue weighted by Gasteiger charge is 2.19. The van der Waals surface area contributed by atoms with Crippen LogP contribution in [0.2, 0.25) is 0 Å². The van der Waals surface area contributed by atoms with Crippen molar-refractivity contribution in [3.63, 3.8) is 0 Å². The molecule has 0 aromatic rings. The molecule has 0 radical (unpaired) electrons. The Morgan fingerprint density at radius 3 is 2.17 bits per heavy atom. The molecule has 2 nitrogen and oxygen atoms in total. The van der Waals surface area contributed by atoms with E-state index in [1.807, 2.05) is 13.8 Å². The second kappa shape index (κ2) is 6.44. The molecular formula is C10H24N2. The van der Waals surface area contributed by atoms with Crippen molar-refractivity contribution >= 4 is 0 Å². The monoisotopic (exact) mass is 172 g/mol. The number of rotatable bonds is 1. The highest BCUT2D eigenvalue weighted by Crippen LogP contribution is 2.07. The highest BCUT2D eigenvalue weighted by atomic mass is 15.3. The van der Waals surface area contributed by atoms with Gasteiger partial charge in [-0.05, 0) is 20.5 Å². The van der Waals surface area contributed by atoms with E-state index < -0.39 is 0 Å². The largest absolute Gasteiger partial charge is 0.304 e. The molecule has 0 amide bonds. The molecule has 0 bridgehead atoms. The molecule has 1 rings (SSSR count). The van der Waals surface area contributed by atoms with Gasteiger partial charge in [-0.1, -0.05) is 20.8 Å². The van der Waals surface area contributed by atoms with Crippen molar-refractivity contribution in [3.8, 4) is 0 Å². The van der Waals surface area contributed by atoms with Gasteiger partial charge >= 0.3 is 0 Å². The summed E-state index contributed by atoms with van der Waals surface area (Å²) in [5.41, 5.74) is 0. The molecule has 1 fully saturated rings. The van der Waals surface area contributed by atoms with Crippen LogP contribution in [0, 0.1) is 0 Å². The van der Waals surface area contributed by atoms with E-state index in [0.29, 0.717) is 0 Å². The number of hydrogen-bond acceptors (Lipinski definition) is 2. The van der Waals surface area contributed by atoms with Gasteiger partial charge in [0.1, 0.15) is 0 Å². The normalized spacial score (nSPS) is 26.2. The van der Waals surface area contributed by atoms with Crippen molar-refractivity contribution in [1.82, 2.24) is 9.80 Å². The molecule has 1 aliphatic rings. The maximum atomic E-state index is 2.46. The smallest absolute Gasteiger partial charge is 0.0217 e. The third-order valence-electron chi connectivity index (χ3n) is 2.45. The summed E-state index contributed by atoms with van der Waals surface area (Å²) < 4.78 is 0. The van der Waals surface area contributed by atoms with E-state index in [0.717, 1.165) is 6.04 Å². The van der Waals surface area contributed by atoms with Gasteiger partial charge in [-0.15, -0.1) is 0 Å². The van der Waals surface area contributed by atoms with Crippen LogP contribution in [0.3, 0.4) is 0 Å². The van der Waals surface area contributed by atoms with Crippen molar-refractivity contribution in [1.29, 1.82) is 0 Å². The Kier molecular flexibility index (Phi) is 6.39. The van der Waals surface area contributed by atoms with Gasteiger partial charge in [-0.25, -0.2) is 0 Å². The van der Waals surface area contributed by atoms with Crippen molar-refractivity contribution in [2.24, 2.45) is 0 Å². The molecule has 1 aliphatic heterocycles. The highest BCUT2D eigenvalue weighted by molar-refractivity contribution is 4.76. The summed E-state index contributed by atoms with van der Waals surface area (Å²) in [6.45, 7) is 9.97. The Hall–Kier alpha value is -0.0800. The Balaban J connectivity index is 0.000000561.